The standard InChI is InChI=1S/C24H32N4O3/c1-17(29)26-22(15-19-16-25-21-9-5-4-8-20(19)21)24(31)28-12-10-27(11-13-28)23(30)14-18-6-2-3-7-18/h4-5,8-9,16,18,22,25H,2-3,6-7,10-15H2,1H3,(H,26,29). The molecule has 1 aliphatic heterocycles. The van der Waals surface area contributed by atoms with Crippen molar-refractivity contribution < 1.29 is 14.4 Å². The molecule has 0 radical (unpaired) electrons. The largest absolute Gasteiger partial charge is 0.361 e. The summed E-state index contributed by atoms with van der Waals surface area (Å²) in [6.45, 7) is 3.60. The lowest BCUT2D eigenvalue weighted by Crippen LogP contribution is -2.56. The van der Waals surface area contributed by atoms with E-state index in [0.717, 1.165) is 29.3 Å². The maximum absolute atomic E-state index is 13.2. The molecule has 1 atom stereocenters. The van der Waals surface area contributed by atoms with Gasteiger partial charge in [0.15, 0.2) is 0 Å². The first-order chi connectivity index (χ1) is 15.0. The topological polar surface area (TPSA) is 85.5 Å². The van der Waals surface area contributed by atoms with Crippen LogP contribution in [0.1, 0.15) is 44.6 Å². The minimum Gasteiger partial charge on any atom is -0.361 e. The van der Waals surface area contributed by atoms with E-state index in [1.54, 1.807) is 4.90 Å². The average molecular weight is 425 g/mol. The molecule has 2 aromatic rings. The Labute approximate surface area is 183 Å². The summed E-state index contributed by atoms with van der Waals surface area (Å²) >= 11 is 0. The van der Waals surface area contributed by atoms with Crippen LogP contribution in [-0.2, 0) is 20.8 Å². The second-order valence-electron chi connectivity index (χ2n) is 8.88. The highest BCUT2D eigenvalue weighted by Gasteiger charge is 2.31. The van der Waals surface area contributed by atoms with Crippen molar-refractivity contribution >= 4 is 28.6 Å². The molecular formula is C24H32N4O3. The van der Waals surface area contributed by atoms with Gasteiger partial charge in [0.05, 0.1) is 0 Å². The fraction of sp³-hybridized carbons (Fsp3) is 0.542. The van der Waals surface area contributed by atoms with Crippen LogP contribution in [0.5, 0.6) is 0 Å². The van der Waals surface area contributed by atoms with Crippen molar-refractivity contribution in [2.24, 2.45) is 5.92 Å². The quantitative estimate of drug-likeness (QED) is 0.747. The van der Waals surface area contributed by atoms with Crippen molar-refractivity contribution in [3.8, 4) is 0 Å². The van der Waals surface area contributed by atoms with E-state index in [1.807, 2.05) is 35.4 Å². The molecule has 1 aromatic carbocycles. The van der Waals surface area contributed by atoms with Gasteiger partial charge in [-0.3, -0.25) is 14.4 Å². The minimum absolute atomic E-state index is 0.0802. The van der Waals surface area contributed by atoms with Crippen molar-refractivity contribution in [3.05, 3.63) is 36.0 Å². The van der Waals surface area contributed by atoms with Crippen molar-refractivity contribution in [3.63, 3.8) is 0 Å². The van der Waals surface area contributed by atoms with Crippen LogP contribution in [0.25, 0.3) is 10.9 Å². The Bertz CT molecular complexity index is 939. The first kappa shape index (κ1) is 21.4. The molecule has 166 valence electrons. The van der Waals surface area contributed by atoms with E-state index < -0.39 is 6.04 Å². The van der Waals surface area contributed by atoms with Crippen molar-refractivity contribution in [1.82, 2.24) is 20.1 Å². The Morgan fingerprint density at radius 1 is 1.06 bits per heavy atom. The number of amides is 3. The zero-order chi connectivity index (χ0) is 21.8. The number of piperazine rings is 1. The smallest absolute Gasteiger partial charge is 0.245 e. The number of hydrogen-bond acceptors (Lipinski definition) is 3. The third-order valence-corrected chi connectivity index (χ3v) is 6.66. The predicted molar refractivity (Wildman–Crippen MR) is 119 cm³/mol. The number of rotatable bonds is 6. The molecule has 2 aliphatic rings. The molecule has 2 heterocycles. The average Bonchev–Trinajstić information content (AvgIpc) is 3.43. The lowest BCUT2D eigenvalue weighted by molar-refractivity contribution is -0.142. The number of nitrogens with one attached hydrogen (secondary N) is 2. The molecule has 1 saturated carbocycles. The van der Waals surface area contributed by atoms with E-state index in [1.165, 1.54) is 19.8 Å². The molecule has 1 saturated heterocycles. The maximum Gasteiger partial charge on any atom is 0.245 e. The van der Waals surface area contributed by atoms with Crippen LogP contribution in [0.15, 0.2) is 30.5 Å². The fourth-order valence-corrected chi connectivity index (χ4v) is 4.95. The highest BCUT2D eigenvalue weighted by Crippen LogP contribution is 2.28. The number of H-pyrrole nitrogens is 1. The molecule has 31 heavy (non-hydrogen) atoms. The summed E-state index contributed by atoms with van der Waals surface area (Å²) < 4.78 is 0. The molecule has 1 aromatic heterocycles. The zero-order valence-corrected chi connectivity index (χ0v) is 18.2. The maximum atomic E-state index is 13.2. The van der Waals surface area contributed by atoms with Crippen LogP contribution in [0.4, 0.5) is 0 Å². The van der Waals surface area contributed by atoms with Crippen LogP contribution >= 0.6 is 0 Å². The molecule has 4 rings (SSSR count). The normalized spacial score (nSPS) is 18.4. The SMILES string of the molecule is CC(=O)NC(Cc1c[nH]c2ccccc12)C(=O)N1CCN(C(=O)CC2CCCC2)CC1. The molecule has 0 spiro atoms. The number of carbonyl (C=O) groups excluding carboxylic acids is 3. The number of carbonyl (C=O) groups is 3. The Morgan fingerprint density at radius 3 is 2.45 bits per heavy atom. The van der Waals surface area contributed by atoms with Gasteiger partial charge in [-0.15, -0.1) is 0 Å². The number of benzene rings is 1. The number of nitrogens with zero attached hydrogens (tertiary/aromatic N) is 2. The predicted octanol–water partition coefficient (Wildman–Crippen LogP) is 2.47. The number of fused-ring (bicyclic) bond motifs is 1. The molecule has 3 amide bonds. The third kappa shape index (κ3) is 5.09. The molecule has 2 N–H and O–H groups in total. The molecule has 7 nitrogen and oxygen atoms in total. The molecule has 1 aliphatic carbocycles. The van der Waals surface area contributed by atoms with Crippen molar-refractivity contribution in [2.75, 3.05) is 26.2 Å². The molecule has 2 fully saturated rings. The molecular weight excluding hydrogens is 392 g/mol. The Morgan fingerprint density at radius 2 is 1.74 bits per heavy atom. The Balaban J connectivity index is 1.37. The number of aromatic nitrogens is 1. The number of para-hydroxylation sites is 1. The lowest BCUT2D eigenvalue weighted by atomic mass is 10.0. The summed E-state index contributed by atoms with van der Waals surface area (Å²) in [4.78, 5) is 44.6. The fourth-order valence-electron chi connectivity index (χ4n) is 4.95. The zero-order valence-electron chi connectivity index (χ0n) is 18.2. The second-order valence-corrected chi connectivity index (χ2v) is 8.88. The minimum atomic E-state index is -0.613. The van der Waals surface area contributed by atoms with Crippen LogP contribution in [0, 0.1) is 5.92 Å². The second kappa shape index (κ2) is 9.54. The van der Waals surface area contributed by atoms with E-state index >= 15 is 0 Å². The van der Waals surface area contributed by atoms with Crippen LogP contribution < -0.4 is 5.32 Å². The van der Waals surface area contributed by atoms with Gasteiger partial charge in [-0.05, 0) is 30.4 Å². The first-order valence-electron chi connectivity index (χ1n) is 11.4. The van der Waals surface area contributed by atoms with Gasteiger partial charge in [-0.1, -0.05) is 31.0 Å². The van der Waals surface area contributed by atoms with E-state index in [-0.39, 0.29) is 17.7 Å². The van der Waals surface area contributed by atoms with E-state index in [2.05, 4.69) is 10.3 Å². The van der Waals surface area contributed by atoms with Gasteiger partial charge in [0.2, 0.25) is 17.7 Å². The Hall–Kier alpha value is -2.83. The summed E-state index contributed by atoms with van der Waals surface area (Å²) in [5, 5.41) is 3.90. The van der Waals surface area contributed by atoms with E-state index in [0.29, 0.717) is 44.9 Å². The van der Waals surface area contributed by atoms with Gasteiger partial charge in [-0.2, -0.15) is 0 Å². The van der Waals surface area contributed by atoms with Gasteiger partial charge in [-0.25, -0.2) is 0 Å². The highest BCUT2D eigenvalue weighted by molar-refractivity contribution is 5.89. The summed E-state index contributed by atoms with van der Waals surface area (Å²) in [5.41, 5.74) is 2.02. The van der Waals surface area contributed by atoms with Crippen LogP contribution in [-0.4, -0.2) is 64.7 Å². The van der Waals surface area contributed by atoms with Crippen LogP contribution in [0.2, 0.25) is 0 Å². The van der Waals surface area contributed by atoms with Gasteiger partial charge >= 0.3 is 0 Å². The summed E-state index contributed by atoms with van der Waals surface area (Å²) in [5.74, 6) is 0.454. The lowest BCUT2D eigenvalue weighted by Gasteiger charge is -2.37. The monoisotopic (exact) mass is 424 g/mol. The van der Waals surface area contributed by atoms with E-state index in [4.69, 9.17) is 0 Å². The summed E-state index contributed by atoms with van der Waals surface area (Å²) in [6.07, 6.45) is 7.79. The van der Waals surface area contributed by atoms with Crippen molar-refractivity contribution in [1.29, 1.82) is 0 Å². The van der Waals surface area contributed by atoms with Gasteiger partial charge < -0.3 is 20.1 Å². The third-order valence-electron chi connectivity index (χ3n) is 6.66. The van der Waals surface area contributed by atoms with Crippen molar-refractivity contribution in [2.45, 2.75) is 51.5 Å². The van der Waals surface area contributed by atoms with E-state index in [9.17, 15) is 14.4 Å². The first-order valence-corrected chi connectivity index (χ1v) is 11.4. The molecule has 1 unspecified atom stereocenters. The van der Waals surface area contributed by atoms with Gasteiger partial charge in [0.1, 0.15) is 6.04 Å². The summed E-state index contributed by atoms with van der Waals surface area (Å²) in [6, 6.07) is 7.34. The number of aromatic amines is 1. The number of hydrogen-bond donors (Lipinski definition) is 2. The molecule has 0 bridgehead atoms. The highest BCUT2D eigenvalue weighted by atomic mass is 16.2. The van der Waals surface area contributed by atoms with Gasteiger partial charge in [0.25, 0.3) is 0 Å². The van der Waals surface area contributed by atoms with Gasteiger partial charge in [0, 0.05) is 63.0 Å². The summed E-state index contributed by atoms with van der Waals surface area (Å²) in [7, 11) is 0. The molecule has 7 heteroatoms. The Kier molecular flexibility index (Phi) is 6.59. The van der Waals surface area contributed by atoms with Crippen LogP contribution in [0.3, 0.4) is 0 Å².